The second-order valence-electron chi connectivity index (χ2n) is 4.47. The molecule has 1 N–H and O–H groups in total. The van der Waals surface area contributed by atoms with Gasteiger partial charge in [0.05, 0.1) is 0 Å². The first-order valence-corrected chi connectivity index (χ1v) is 7.17. The van der Waals surface area contributed by atoms with Crippen molar-refractivity contribution in [3.8, 4) is 0 Å². The average molecular weight is 258 g/mol. The average Bonchev–Trinajstić information content (AvgIpc) is 2.40. The monoisotopic (exact) mass is 258 g/mol. The van der Waals surface area contributed by atoms with Crippen LogP contribution in [0.2, 0.25) is 0 Å². The predicted octanol–water partition coefficient (Wildman–Crippen LogP) is 2.29. The molecule has 0 amide bonds. The molecule has 0 aromatic heterocycles. The highest BCUT2D eigenvalue weighted by Crippen LogP contribution is 2.34. The molecule has 2 aromatic rings. The van der Waals surface area contributed by atoms with Crippen LogP contribution in [-0.4, -0.2) is 16.3 Å². The van der Waals surface area contributed by atoms with Crippen molar-refractivity contribution in [3.05, 3.63) is 59.2 Å². The van der Waals surface area contributed by atoms with Crippen molar-refractivity contribution in [2.75, 3.05) is 6.61 Å². The molecule has 0 radical (unpaired) electrons. The van der Waals surface area contributed by atoms with E-state index in [2.05, 4.69) is 0 Å². The van der Waals surface area contributed by atoms with E-state index in [1.165, 1.54) is 0 Å². The summed E-state index contributed by atoms with van der Waals surface area (Å²) in [5.41, 5.74) is 3.33. The molecule has 1 unspecified atom stereocenters. The molecule has 1 aliphatic heterocycles. The van der Waals surface area contributed by atoms with Gasteiger partial charge in [0.25, 0.3) is 0 Å². The topological polar surface area (TPSA) is 43.3 Å². The standard InChI is InChI=1S/C15H14O2S/c16-8-7-11-5-6-13-10-12-3-1-2-4-14(12)18(17)15(13)9-11/h1-6,9,16H,7-8,10H2. The second kappa shape index (κ2) is 4.76. The maximum absolute atomic E-state index is 12.5. The van der Waals surface area contributed by atoms with Gasteiger partial charge < -0.3 is 9.66 Å². The molecule has 0 bridgehead atoms. The van der Waals surface area contributed by atoms with Crippen LogP contribution in [0, 0.1) is 0 Å². The molecule has 1 heterocycles. The zero-order valence-electron chi connectivity index (χ0n) is 9.93. The Bertz CT molecular complexity index is 580. The molecule has 1 atom stereocenters. The summed E-state index contributed by atoms with van der Waals surface area (Å²) in [6, 6.07) is 13.9. The van der Waals surface area contributed by atoms with E-state index in [-0.39, 0.29) is 6.61 Å². The van der Waals surface area contributed by atoms with Gasteiger partial charge in [0.1, 0.15) is 0 Å². The lowest BCUT2D eigenvalue weighted by atomic mass is 10.0. The van der Waals surface area contributed by atoms with Gasteiger partial charge in [-0.1, -0.05) is 30.3 Å². The lowest BCUT2D eigenvalue weighted by Gasteiger charge is -2.22. The Labute approximate surface area is 109 Å². The number of aliphatic hydroxyl groups excluding tert-OH is 1. The van der Waals surface area contributed by atoms with Gasteiger partial charge in [-0.15, -0.1) is 0 Å². The smallest absolute Gasteiger partial charge is 0.162 e. The minimum Gasteiger partial charge on any atom is -0.606 e. The van der Waals surface area contributed by atoms with Crippen molar-refractivity contribution in [1.82, 2.24) is 0 Å². The molecule has 92 valence electrons. The van der Waals surface area contributed by atoms with Crippen LogP contribution in [0.5, 0.6) is 0 Å². The van der Waals surface area contributed by atoms with Crippen LogP contribution in [-0.2, 0) is 24.0 Å². The van der Waals surface area contributed by atoms with Crippen LogP contribution in [0.3, 0.4) is 0 Å². The number of hydrogen-bond acceptors (Lipinski definition) is 2. The SMILES string of the molecule is [O-][S+]1c2ccccc2Cc2ccc(CCO)cc21. The van der Waals surface area contributed by atoms with E-state index < -0.39 is 11.2 Å². The molecule has 2 nitrogen and oxygen atoms in total. The third-order valence-electron chi connectivity index (χ3n) is 3.29. The molecule has 0 spiro atoms. The van der Waals surface area contributed by atoms with Gasteiger partial charge in [0.15, 0.2) is 9.79 Å². The highest BCUT2D eigenvalue weighted by atomic mass is 32.2. The molecule has 0 aliphatic carbocycles. The number of hydrogen-bond donors (Lipinski definition) is 1. The molecule has 18 heavy (non-hydrogen) atoms. The first-order chi connectivity index (χ1) is 8.79. The predicted molar refractivity (Wildman–Crippen MR) is 71.2 cm³/mol. The van der Waals surface area contributed by atoms with Crippen LogP contribution >= 0.6 is 0 Å². The first kappa shape index (κ1) is 11.8. The van der Waals surface area contributed by atoms with Crippen LogP contribution < -0.4 is 0 Å². The molecule has 0 fully saturated rings. The molecule has 3 heteroatoms. The molecule has 0 saturated carbocycles. The summed E-state index contributed by atoms with van der Waals surface area (Å²) in [5, 5.41) is 8.97. The van der Waals surface area contributed by atoms with Gasteiger partial charge in [-0.25, -0.2) is 0 Å². The fourth-order valence-electron chi connectivity index (χ4n) is 2.36. The van der Waals surface area contributed by atoms with Crippen LogP contribution in [0.1, 0.15) is 16.7 Å². The van der Waals surface area contributed by atoms with Gasteiger partial charge >= 0.3 is 0 Å². The summed E-state index contributed by atoms with van der Waals surface area (Å²) in [5.74, 6) is 0. The maximum Gasteiger partial charge on any atom is 0.162 e. The number of benzene rings is 2. The first-order valence-electron chi connectivity index (χ1n) is 6.02. The van der Waals surface area contributed by atoms with E-state index in [0.29, 0.717) is 6.42 Å². The van der Waals surface area contributed by atoms with Crippen LogP contribution in [0.25, 0.3) is 0 Å². The Morgan fingerprint density at radius 2 is 1.83 bits per heavy atom. The Morgan fingerprint density at radius 3 is 2.67 bits per heavy atom. The van der Waals surface area contributed by atoms with Gasteiger partial charge in [0.2, 0.25) is 0 Å². The minimum atomic E-state index is -1.09. The van der Waals surface area contributed by atoms with Gasteiger partial charge in [-0.3, -0.25) is 0 Å². The fourth-order valence-corrected chi connectivity index (χ4v) is 3.81. The zero-order chi connectivity index (χ0) is 12.5. The normalized spacial score (nSPS) is 17.1. The van der Waals surface area contributed by atoms with Crippen molar-refractivity contribution in [2.45, 2.75) is 22.6 Å². The van der Waals surface area contributed by atoms with Crippen molar-refractivity contribution in [3.63, 3.8) is 0 Å². The number of fused-ring (bicyclic) bond motifs is 2. The third kappa shape index (κ3) is 1.94. The highest BCUT2D eigenvalue weighted by Gasteiger charge is 2.27. The number of rotatable bonds is 2. The number of aliphatic hydroxyl groups is 1. The van der Waals surface area contributed by atoms with Crippen molar-refractivity contribution < 1.29 is 9.66 Å². The summed E-state index contributed by atoms with van der Waals surface area (Å²) in [4.78, 5) is 1.82. The summed E-state index contributed by atoms with van der Waals surface area (Å²) in [6.45, 7) is 0.127. The lowest BCUT2D eigenvalue weighted by Crippen LogP contribution is -2.15. The van der Waals surface area contributed by atoms with Gasteiger partial charge in [-0.2, -0.15) is 0 Å². The van der Waals surface area contributed by atoms with Crippen molar-refractivity contribution in [2.24, 2.45) is 0 Å². The van der Waals surface area contributed by atoms with Crippen LogP contribution in [0.4, 0.5) is 0 Å². The molecule has 2 aromatic carbocycles. The van der Waals surface area contributed by atoms with Crippen LogP contribution in [0.15, 0.2) is 52.3 Å². The Kier molecular flexibility index (Phi) is 3.12. The van der Waals surface area contributed by atoms with E-state index in [4.69, 9.17) is 5.11 Å². The van der Waals surface area contributed by atoms with Gasteiger partial charge in [-0.05, 0) is 24.1 Å². The van der Waals surface area contributed by atoms with Crippen molar-refractivity contribution >= 4 is 11.2 Å². The Balaban J connectivity index is 2.05. The minimum absolute atomic E-state index is 0.127. The van der Waals surface area contributed by atoms with E-state index in [0.717, 1.165) is 32.9 Å². The largest absolute Gasteiger partial charge is 0.606 e. The summed E-state index contributed by atoms with van der Waals surface area (Å²) < 4.78 is 12.5. The Morgan fingerprint density at radius 1 is 1.06 bits per heavy atom. The van der Waals surface area contributed by atoms with E-state index in [9.17, 15) is 4.55 Å². The third-order valence-corrected chi connectivity index (χ3v) is 4.86. The maximum atomic E-state index is 12.5. The molecule has 1 aliphatic rings. The fraction of sp³-hybridized carbons (Fsp3) is 0.200. The quantitative estimate of drug-likeness (QED) is 0.840. The Hall–Kier alpha value is -1.29. The second-order valence-corrected chi connectivity index (χ2v) is 5.89. The summed E-state index contributed by atoms with van der Waals surface area (Å²) >= 11 is -1.09. The zero-order valence-corrected chi connectivity index (χ0v) is 10.7. The molecule has 3 rings (SSSR count). The molecular weight excluding hydrogens is 244 g/mol. The highest BCUT2D eigenvalue weighted by molar-refractivity contribution is 7.91. The summed E-state index contributed by atoms with van der Waals surface area (Å²) in [7, 11) is 0. The van der Waals surface area contributed by atoms with Gasteiger partial charge in [0, 0.05) is 35.3 Å². The summed E-state index contributed by atoms with van der Waals surface area (Å²) in [6.07, 6.45) is 1.46. The van der Waals surface area contributed by atoms with E-state index in [1.807, 2.05) is 42.5 Å². The lowest BCUT2D eigenvalue weighted by molar-refractivity contribution is 0.299. The van der Waals surface area contributed by atoms with Crippen molar-refractivity contribution in [1.29, 1.82) is 0 Å². The van der Waals surface area contributed by atoms with E-state index in [1.54, 1.807) is 0 Å². The molecule has 0 saturated heterocycles. The molecular formula is C15H14O2S. The van der Waals surface area contributed by atoms with E-state index >= 15 is 0 Å².